The smallest absolute Gasteiger partial charge is 0.159 e. The summed E-state index contributed by atoms with van der Waals surface area (Å²) in [5.74, 6) is -2.18. The Hall–Kier alpha value is -1.81. The first-order chi connectivity index (χ1) is 9.35. The van der Waals surface area contributed by atoms with E-state index in [1.54, 1.807) is 19.1 Å². The lowest BCUT2D eigenvalue weighted by atomic mass is 9.90. The molecule has 0 aliphatic heterocycles. The van der Waals surface area contributed by atoms with Crippen LogP contribution in [0, 0.1) is 17.5 Å². The molecule has 0 bridgehead atoms. The third kappa shape index (κ3) is 3.84. The summed E-state index contributed by atoms with van der Waals surface area (Å²) in [6.45, 7) is 1.61. The van der Waals surface area contributed by atoms with Crippen molar-refractivity contribution >= 4 is 0 Å². The molecular formula is C16H15F3O. The molecule has 1 unspecified atom stereocenters. The highest BCUT2D eigenvalue weighted by Crippen LogP contribution is 2.20. The average molecular weight is 280 g/mol. The highest BCUT2D eigenvalue weighted by molar-refractivity contribution is 5.22. The number of hydrogen-bond donors (Lipinski definition) is 1. The summed E-state index contributed by atoms with van der Waals surface area (Å²) in [7, 11) is 0. The zero-order valence-electron chi connectivity index (χ0n) is 11.0. The van der Waals surface area contributed by atoms with Crippen LogP contribution in [0.15, 0.2) is 42.5 Å². The van der Waals surface area contributed by atoms with E-state index in [2.05, 4.69) is 0 Å². The van der Waals surface area contributed by atoms with Gasteiger partial charge in [-0.1, -0.05) is 18.2 Å². The quantitative estimate of drug-likeness (QED) is 0.906. The second-order valence-corrected chi connectivity index (χ2v) is 5.23. The molecule has 0 aliphatic carbocycles. The largest absolute Gasteiger partial charge is 0.389 e. The number of rotatable bonds is 4. The number of aliphatic hydroxyl groups is 1. The molecule has 4 heteroatoms. The van der Waals surface area contributed by atoms with Gasteiger partial charge in [-0.2, -0.15) is 0 Å². The topological polar surface area (TPSA) is 20.2 Å². The average Bonchev–Trinajstić information content (AvgIpc) is 2.36. The molecule has 0 radical (unpaired) electrons. The summed E-state index contributed by atoms with van der Waals surface area (Å²) >= 11 is 0. The van der Waals surface area contributed by atoms with E-state index >= 15 is 0 Å². The van der Waals surface area contributed by atoms with Gasteiger partial charge in [0.25, 0.3) is 0 Å². The van der Waals surface area contributed by atoms with Crippen LogP contribution in [0.3, 0.4) is 0 Å². The van der Waals surface area contributed by atoms with Crippen LogP contribution < -0.4 is 0 Å². The maximum atomic E-state index is 13.1. The van der Waals surface area contributed by atoms with E-state index in [0.29, 0.717) is 12.0 Å². The van der Waals surface area contributed by atoms with Crippen LogP contribution in [0.1, 0.15) is 18.1 Å². The van der Waals surface area contributed by atoms with Gasteiger partial charge < -0.3 is 5.11 Å². The molecule has 0 spiro atoms. The van der Waals surface area contributed by atoms with Gasteiger partial charge in [0.2, 0.25) is 0 Å². The first-order valence-electron chi connectivity index (χ1n) is 6.26. The van der Waals surface area contributed by atoms with E-state index in [4.69, 9.17) is 0 Å². The molecule has 2 rings (SSSR count). The van der Waals surface area contributed by atoms with E-state index in [9.17, 15) is 18.3 Å². The minimum absolute atomic E-state index is 0.182. The Kier molecular flexibility index (Phi) is 4.14. The van der Waals surface area contributed by atoms with E-state index < -0.39 is 17.2 Å². The van der Waals surface area contributed by atoms with Gasteiger partial charge in [0.1, 0.15) is 5.82 Å². The molecule has 2 aromatic rings. The van der Waals surface area contributed by atoms with Crippen LogP contribution in [0.25, 0.3) is 0 Å². The van der Waals surface area contributed by atoms with Gasteiger partial charge in [-0.05, 0) is 42.3 Å². The van der Waals surface area contributed by atoms with E-state index in [-0.39, 0.29) is 12.2 Å². The maximum absolute atomic E-state index is 13.1. The van der Waals surface area contributed by atoms with Crippen molar-refractivity contribution in [3.05, 3.63) is 71.0 Å². The van der Waals surface area contributed by atoms with Crippen molar-refractivity contribution in [3.8, 4) is 0 Å². The summed E-state index contributed by atoms with van der Waals surface area (Å²) < 4.78 is 38.8. The van der Waals surface area contributed by atoms with E-state index in [0.717, 1.165) is 17.7 Å². The van der Waals surface area contributed by atoms with Crippen molar-refractivity contribution in [2.45, 2.75) is 25.4 Å². The monoisotopic (exact) mass is 280 g/mol. The molecule has 0 fully saturated rings. The SMILES string of the molecule is CC(O)(Cc1ccc(F)cc1)Cc1ccc(F)c(F)c1. The fraction of sp³-hybridized carbons (Fsp3) is 0.250. The van der Waals surface area contributed by atoms with Gasteiger partial charge in [0.05, 0.1) is 5.60 Å². The summed E-state index contributed by atoms with van der Waals surface area (Å²) in [6.07, 6.45) is 0.480. The molecular weight excluding hydrogens is 265 g/mol. The van der Waals surface area contributed by atoms with E-state index in [1.165, 1.54) is 18.2 Å². The molecule has 106 valence electrons. The summed E-state index contributed by atoms with van der Waals surface area (Å²) in [6, 6.07) is 9.39. The minimum atomic E-state index is -1.12. The fourth-order valence-electron chi connectivity index (χ4n) is 2.19. The van der Waals surface area contributed by atoms with Gasteiger partial charge in [-0.3, -0.25) is 0 Å². The van der Waals surface area contributed by atoms with Crippen molar-refractivity contribution in [1.29, 1.82) is 0 Å². The molecule has 0 amide bonds. The zero-order chi connectivity index (χ0) is 14.8. The lowest BCUT2D eigenvalue weighted by molar-refractivity contribution is 0.0607. The van der Waals surface area contributed by atoms with E-state index in [1.807, 2.05) is 0 Å². The Morgan fingerprint density at radius 3 is 2.00 bits per heavy atom. The van der Waals surface area contributed by atoms with Crippen LogP contribution in [0.4, 0.5) is 13.2 Å². The predicted molar refractivity (Wildman–Crippen MR) is 70.8 cm³/mol. The molecule has 1 N–H and O–H groups in total. The minimum Gasteiger partial charge on any atom is -0.389 e. The van der Waals surface area contributed by atoms with Gasteiger partial charge in [-0.25, -0.2) is 13.2 Å². The molecule has 0 aliphatic rings. The summed E-state index contributed by atoms with van der Waals surface area (Å²) in [5.41, 5.74) is 0.164. The Bertz CT molecular complexity index is 591. The normalized spacial score (nSPS) is 14.1. The standard InChI is InChI=1S/C16H15F3O/c1-16(20,9-11-2-5-13(17)6-3-11)10-12-4-7-14(18)15(19)8-12/h2-8,20H,9-10H2,1H3. The molecule has 0 aromatic heterocycles. The lowest BCUT2D eigenvalue weighted by Gasteiger charge is -2.23. The molecule has 2 aromatic carbocycles. The summed E-state index contributed by atoms with van der Waals surface area (Å²) in [5, 5.41) is 10.3. The Morgan fingerprint density at radius 2 is 1.40 bits per heavy atom. The highest BCUT2D eigenvalue weighted by Gasteiger charge is 2.22. The number of halogens is 3. The van der Waals surface area contributed by atoms with Crippen molar-refractivity contribution in [3.63, 3.8) is 0 Å². The molecule has 20 heavy (non-hydrogen) atoms. The van der Waals surface area contributed by atoms with Crippen LogP contribution in [0.5, 0.6) is 0 Å². The first-order valence-corrected chi connectivity index (χ1v) is 6.26. The molecule has 0 heterocycles. The fourth-order valence-corrected chi connectivity index (χ4v) is 2.19. The number of hydrogen-bond acceptors (Lipinski definition) is 1. The molecule has 0 saturated heterocycles. The molecule has 1 atom stereocenters. The van der Waals surface area contributed by atoms with Gasteiger partial charge in [0.15, 0.2) is 11.6 Å². The van der Waals surface area contributed by atoms with Crippen molar-refractivity contribution in [2.75, 3.05) is 0 Å². The molecule has 1 nitrogen and oxygen atoms in total. The van der Waals surface area contributed by atoms with Gasteiger partial charge in [-0.15, -0.1) is 0 Å². The van der Waals surface area contributed by atoms with Crippen LogP contribution in [0.2, 0.25) is 0 Å². The van der Waals surface area contributed by atoms with Crippen LogP contribution >= 0.6 is 0 Å². The third-order valence-electron chi connectivity index (χ3n) is 3.07. The van der Waals surface area contributed by atoms with Gasteiger partial charge >= 0.3 is 0 Å². The Balaban J connectivity index is 2.09. The van der Waals surface area contributed by atoms with Crippen molar-refractivity contribution in [1.82, 2.24) is 0 Å². The van der Waals surface area contributed by atoms with Crippen LogP contribution in [-0.2, 0) is 12.8 Å². The van der Waals surface area contributed by atoms with Gasteiger partial charge in [0, 0.05) is 12.8 Å². The maximum Gasteiger partial charge on any atom is 0.159 e. The number of benzene rings is 2. The summed E-state index contributed by atoms with van der Waals surface area (Å²) in [4.78, 5) is 0. The van der Waals surface area contributed by atoms with Crippen molar-refractivity contribution < 1.29 is 18.3 Å². The van der Waals surface area contributed by atoms with Crippen molar-refractivity contribution in [2.24, 2.45) is 0 Å². The Labute approximate surface area is 115 Å². The highest BCUT2D eigenvalue weighted by atomic mass is 19.2. The second kappa shape index (κ2) is 5.67. The predicted octanol–water partition coefficient (Wildman–Crippen LogP) is 3.64. The first kappa shape index (κ1) is 14.6. The third-order valence-corrected chi connectivity index (χ3v) is 3.07. The zero-order valence-corrected chi connectivity index (χ0v) is 11.0. The molecule has 0 saturated carbocycles. The lowest BCUT2D eigenvalue weighted by Crippen LogP contribution is -2.30. The second-order valence-electron chi connectivity index (χ2n) is 5.23. The van der Waals surface area contributed by atoms with Crippen LogP contribution in [-0.4, -0.2) is 10.7 Å². The Morgan fingerprint density at radius 1 is 0.850 bits per heavy atom.